The molecule has 0 N–H and O–H groups in total. The maximum Gasteiger partial charge on any atom is 0.316 e. The van der Waals surface area contributed by atoms with Crippen molar-refractivity contribution in [3.05, 3.63) is 42.2 Å². The predicted molar refractivity (Wildman–Crippen MR) is 120 cm³/mol. The van der Waals surface area contributed by atoms with Gasteiger partial charge in [-0.3, -0.25) is 4.79 Å². The lowest BCUT2D eigenvalue weighted by atomic mass is 10.1. The van der Waals surface area contributed by atoms with Crippen molar-refractivity contribution < 1.29 is 14.3 Å². The van der Waals surface area contributed by atoms with Crippen molar-refractivity contribution in [2.45, 2.75) is 72.1 Å². The first-order chi connectivity index (χ1) is 14.6. The zero-order valence-electron chi connectivity index (χ0n) is 18.7. The molecule has 2 aromatic rings. The number of carbonyl (C=O) groups is 1. The number of aryl methyl sites for hydroxylation is 1. The Balaban J connectivity index is 1.81. The van der Waals surface area contributed by atoms with Crippen molar-refractivity contribution in [1.29, 1.82) is 0 Å². The monoisotopic (exact) mass is 412 g/mol. The van der Waals surface area contributed by atoms with Gasteiger partial charge >= 0.3 is 5.97 Å². The van der Waals surface area contributed by atoms with Crippen LogP contribution in [0.25, 0.3) is 11.4 Å². The molecule has 1 aromatic carbocycles. The second kappa shape index (κ2) is 13.9. The van der Waals surface area contributed by atoms with Crippen molar-refractivity contribution in [1.82, 2.24) is 9.97 Å². The van der Waals surface area contributed by atoms with E-state index in [9.17, 15) is 4.79 Å². The highest BCUT2D eigenvalue weighted by Crippen LogP contribution is 2.20. The number of ether oxygens (including phenoxy) is 2. The minimum absolute atomic E-state index is 0.279. The fourth-order valence-corrected chi connectivity index (χ4v) is 3.03. The fourth-order valence-electron chi connectivity index (χ4n) is 3.03. The number of unbranched alkanes of at least 4 members (excludes halogenated alkanes) is 5. The number of benzene rings is 1. The van der Waals surface area contributed by atoms with Crippen LogP contribution in [0, 0.1) is 5.92 Å². The Morgan fingerprint density at radius 3 is 2.27 bits per heavy atom. The number of nitrogens with zero attached hydrogens (tertiary/aromatic N) is 2. The lowest BCUT2D eigenvalue weighted by molar-refractivity contribution is -0.140. The second-order valence-electron chi connectivity index (χ2n) is 7.85. The van der Waals surface area contributed by atoms with Gasteiger partial charge in [-0.05, 0) is 56.0 Å². The Morgan fingerprint density at radius 2 is 1.60 bits per heavy atom. The fraction of sp³-hybridized carbons (Fsp3) is 0.560. The number of hydrogen-bond donors (Lipinski definition) is 0. The lowest BCUT2D eigenvalue weighted by Crippen LogP contribution is -2.22. The average molecular weight is 413 g/mol. The zero-order valence-corrected chi connectivity index (χ0v) is 18.7. The minimum Gasteiger partial charge on any atom is -0.426 e. The summed E-state index contributed by atoms with van der Waals surface area (Å²) in [5, 5.41) is 0. The first-order valence-corrected chi connectivity index (χ1v) is 11.3. The number of aromatic nitrogens is 2. The van der Waals surface area contributed by atoms with Gasteiger partial charge in [0.25, 0.3) is 0 Å². The van der Waals surface area contributed by atoms with Crippen LogP contribution in [0.4, 0.5) is 0 Å². The molecule has 5 nitrogen and oxygen atoms in total. The molecular weight excluding hydrogens is 376 g/mol. The SMILES string of the molecule is CCCCCCCc1cnc(-c2ccc(OC(=O)C(C)COCCCC)cc2)nc1. The molecule has 30 heavy (non-hydrogen) atoms. The van der Waals surface area contributed by atoms with Gasteiger partial charge in [-0.15, -0.1) is 0 Å². The quantitative estimate of drug-likeness (QED) is 0.216. The number of rotatable bonds is 14. The van der Waals surface area contributed by atoms with Gasteiger partial charge < -0.3 is 9.47 Å². The molecule has 0 saturated carbocycles. The Labute approximate surface area is 181 Å². The van der Waals surface area contributed by atoms with E-state index in [0.29, 0.717) is 24.8 Å². The van der Waals surface area contributed by atoms with Gasteiger partial charge in [-0.25, -0.2) is 9.97 Å². The number of hydrogen-bond acceptors (Lipinski definition) is 5. The topological polar surface area (TPSA) is 61.3 Å². The summed E-state index contributed by atoms with van der Waals surface area (Å²) >= 11 is 0. The van der Waals surface area contributed by atoms with E-state index in [1.165, 1.54) is 37.7 Å². The van der Waals surface area contributed by atoms with E-state index in [4.69, 9.17) is 9.47 Å². The molecule has 0 spiro atoms. The molecule has 0 fully saturated rings. The highest BCUT2D eigenvalue weighted by Gasteiger charge is 2.15. The van der Waals surface area contributed by atoms with Gasteiger partial charge in [0.2, 0.25) is 0 Å². The van der Waals surface area contributed by atoms with Crippen molar-refractivity contribution in [3.8, 4) is 17.1 Å². The Morgan fingerprint density at radius 1 is 0.933 bits per heavy atom. The van der Waals surface area contributed by atoms with Crippen molar-refractivity contribution in [2.24, 2.45) is 5.92 Å². The second-order valence-corrected chi connectivity index (χ2v) is 7.85. The van der Waals surface area contributed by atoms with E-state index in [2.05, 4.69) is 23.8 Å². The molecule has 5 heteroatoms. The summed E-state index contributed by atoms with van der Waals surface area (Å²) < 4.78 is 11.0. The molecule has 1 heterocycles. The molecule has 2 rings (SSSR count). The van der Waals surface area contributed by atoms with E-state index in [1.807, 2.05) is 31.5 Å². The van der Waals surface area contributed by atoms with E-state index < -0.39 is 0 Å². The average Bonchev–Trinajstić information content (AvgIpc) is 2.77. The summed E-state index contributed by atoms with van der Waals surface area (Å²) in [4.78, 5) is 21.2. The third-order valence-corrected chi connectivity index (χ3v) is 5.02. The summed E-state index contributed by atoms with van der Waals surface area (Å²) in [6.45, 7) is 7.23. The van der Waals surface area contributed by atoms with Crippen LogP contribution in [-0.4, -0.2) is 29.2 Å². The minimum atomic E-state index is -0.292. The van der Waals surface area contributed by atoms with Crippen LogP contribution in [0.1, 0.15) is 71.3 Å². The van der Waals surface area contributed by atoms with Crippen LogP contribution >= 0.6 is 0 Å². The molecule has 0 radical (unpaired) electrons. The zero-order chi connectivity index (χ0) is 21.6. The van der Waals surface area contributed by atoms with Crippen LogP contribution < -0.4 is 4.74 Å². The molecule has 0 aliphatic heterocycles. The maximum absolute atomic E-state index is 12.2. The van der Waals surface area contributed by atoms with Crippen LogP contribution in [0.3, 0.4) is 0 Å². The van der Waals surface area contributed by atoms with Crippen molar-refractivity contribution >= 4 is 5.97 Å². The highest BCUT2D eigenvalue weighted by atomic mass is 16.5. The molecule has 164 valence electrons. The van der Waals surface area contributed by atoms with E-state index in [1.54, 1.807) is 12.1 Å². The first-order valence-electron chi connectivity index (χ1n) is 11.3. The van der Waals surface area contributed by atoms with Crippen LogP contribution in [0.2, 0.25) is 0 Å². The van der Waals surface area contributed by atoms with E-state index in [0.717, 1.165) is 24.8 Å². The number of esters is 1. The predicted octanol–water partition coefficient (Wildman–Crippen LogP) is 6.01. The highest BCUT2D eigenvalue weighted by molar-refractivity contribution is 5.75. The van der Waals surface area contributed by atoms with E-state index in [-0.39, 0.29) is 11.9 Å². The van der Waals surface area contributed by atoms with Gasteiger partial charge in [0.1, 0.15) is 5.75 Å². The Hall–Kier alpha value is -2.27. The summed E-state index contributed by atoms with van der Waals surface area (Å²) in [6, 6.07) is 7.32. The number of carbonyl (C=O) groups excluding carboxylic acids is 1. The summed E-state index contributed by atoms with van der Waals surface area (Å²) in [5.74, 6) is 0.631. The van der Waals surface area contributed by atoms with E-state index >= 15 is 0 Å². The maximum atomic E-state index is 12.2. The summed E-state index contributed by atoms with van der Waals surface area (Å²) in [5.41, 5.74) is 2.08. The van der Waals surface area contributed by atoms with Crippen molar-refractivity contribution in [3.63, 3.8) is 0 Å². The molecule has 1 aromatic heterocycles. The standard InChI is InChI=1S/C25H36N2O3/c1-4-6-8-9-10-11-21-17-26-24(27-18-21)22-12-14-23(15-13-22)30-25(28)20(3)19-29-16-7-5-2/h12-15,17-18,20H,4-11,16,19H2,1-3H3. The molecule has 1 unspecified atom stereocenters. The smallest absolute Gasteiger partial charge is 0.316 e. The van der Waals surface area contributed by atoms with Gasteiger partial charge in [0.05, 0.1) is 12.5 Å². The molecule has 0 bridgehead atoms. The van der Waals surface area contributed by atoms with Crippen LogP contribution in [0.5, 0.6) is 5.75 Å². The van der Waals surface area contributed by atoms with Crippen molar-refractivity contribution in [2.75, 3.05) is 13.2 Å². The van der Waals surface area contributed by atoms with Gasteiger partial charge in [-0.2, -0.15) is 0 Å². The third-order valence-electron chi connectivity index (χ3n) is 5.02. The normalized spacial score (nSPS) is 12.0. The Kier molecular flexibility index (Phi) is 11.1. The van der Waals surface area contributed by atoms with Gasteiger partial charge in [0.15, 0.2) is 5.82 Å². The molecule has 1 atom stereocenters. The van der Waals surface area contributed by atoms with Crippen LogP contribution in [0.15, 0.2) is 36.7 Å². The molecular formula is C25H36N2O3. The lowest BCUT2D eigenvalue weighted by Gasteiger charge is -2.12. The van der Waals surface area contributed by atoms with Gasteiger partial charge in [-0.1, -0.05) is 46.0 Å². The van der Waals surface area contributed by atoms with Crippen LogP contribution in [-0.2, 0) is 16.0 Å². The largest absolute Gasteiger partial charge is 0.426 e. The molecule has 0 aliphatic rings. The molecule has 0 amide bonds. The summed E-state index contributed by atoms with van der Waals surface area (Å²) in [6.07, 6.45) is 13.3. The third kappa shape index (κ3) is 8.62. The molecule has 0 aliphatic carbocycles. The summed E-state index contributed by atoms with van der Waals surface area (Å²) in [7, 11) is 0. The molecule has 0 saturated heterocycles. The Bertz CT molecular complexity index is 729. The first kappa shape index (κ1) is 24.0. The van der Waals surface area contributed by atoms with Gasteiger partial charge in [0, 0.05) is 24.6 Å².